The maximum Gasteiger partial charge on any atom is 0.328 e. The summed E-state index contributed by atoms with van der Waals surface area (Å²) in [6.07, 6.45) is 6.82. The van der Waals surface area contributed by atoms with Crippen LogP contribution in [0.2, 0.25) is 0 Å². The number of likely N-dealkylation sites (tertiary alicyclic amines) is 1. The van der Waals surface area contributed by atoms with Crippen molar-refractivity contribution in [2.75, 3.05) is 13.7 Å². The first-order chi connectivity index (χ1) is 14.5. The van der Waals surface area contributed by atoms with Gasteiger partial charge in [-0.15, -0.1) is 0 Å². The molecule has 1 saturated heterocycles. The van der Waals surface area contributed by atoms with Crippen LogP contribution in [0.5, 0.6) is 0 Å². The molecule has 2 N–H and O–H groups in total. The highest BCUT2D eigenvalue weighted by Crippen LogP contribution is 2.34. The van der Waals surface area contributed by atoms with Crippen molar-refractivity contribution >= 4 is 34.6 Å². The van der Waals surface area contributed by atoms with Crippen LogP contribution in [0.3, 0.4) is 0 Å². The number of methoxy groups -OCH3 is 1. The lowest BCUT2D eigenvalue weighted by atomic mass is 9.85. The standard InChI is InChI=1S/C22H23N3O5/c1-30-22(29)18(10-13-11-23-17-9-5-4-6-14(13)17)24-19(26)12-25-20(27)15-7-2-3-8-16(15)21(25)28/h2-6,9,11,15-16,18,23H,7-8,10,12H2,1H3,(H,24,26). The molecule has 8 heteroatoms. The van der Waals surface area contributed by atoms with Crippen LogP contribution < -0.4 is 5.32 Å². The Kier molecular flexibility index (Phi) is 5.39. The second kappa shape index (κ2) is 8.14. The Morgan fingerprint density at radius 3 is 2.50 bits per heavy atom. The summed E-state index contributed by atoms with van der Waals surface area (Å²) in [6, 6.07) is 6.71. The number of esters is 1. The normalized spacial score (nSPS) is 21.6. The molecule has 2 aliphatic rings. The fourth-order valence-corrected chi connectivity index (χ4v) is 4.26. The van der Waals surface area contributed by atoms with Gasteiger partial charge in [-0.3, -0.25) is 19.3 Å². The zero-order valence-electron chi connectivity index (χ0n) is 16.6. The van der Waals surface area contributed by atoms with Gasteiger partial charge in [-0.05, 0) is 24.5 Å². The zero-order valence-corrected chi connectivity index (χ0v) is 16.6. The Bertz CT molecular complexity index is 1010. The van der Waals surface area contributed by atoms with E-state index in [0.29, 0.717) is 12.8 Å². The number of aromatic amines is 1. The highest BCUT2D eigenvalue weighted by molar-refractivity contribution is 6.07. The summed E-state index contributed by atoms with van der Waals surface area (Å²) in [5.41, 5.74) is 1.78. The molecular weight excluding hydrogens is 386 g/mol. The third-order valence-corrected chi connectivity index (χ3v) is 5.82. The Balaban J connectivity index is 1.46. The van der Waals surface area contributed by atoms with E-state index in [0.717, 1.165) is 21.4 Å². The molecule has 1 aromatic carbocycles. The first-order valence-corrected chi connectivity index (χ1v) is 9.92. The van der Waals surface area contributed by atoms with Crippen LogP contribution in [0.15, 0.2) is 42.6 Å². The van der Waals surface area contributed by atoms with Gasteiger partial charge in [0.05, 0.1) is 18.9 Å². The molecule has 0 radical (unpaired) electrons. The molecule has 0 spiro atoms. The van der Waals surface area contributed by atoms with Crippen molar-refractivity contribution in [3.63, 3.8) is 0 Å². The van der Waals surface area contributed by atoms with Gasteiger partial charge in [0.1, 0.15) is 12.6 Å². The van der Waals surface area contributed by atoms with Gasteiger partial charge in [0.2, 0.25) is 17.7 Å². The second-order valence-electron chi connectivity index (χ2n) is 7.63. The topological polar surface area (TPSA) is 109 Å². The first-order valence-electron chi connectivity index (χ1n) is 9.92. The number of nitrogens with one attached hydrogen (secondary N) is 2. The summed E-state index contributed by atoms with van der Waals surface area (Å²) in [6.45, 7) is -0.397. The van der Waals surface area contributed by atoms with E-state index >= 15 is 0 Å². The number of carbonyl (C=O) groups is 4. The lowest BCUT2D eigenvalue weighted by Gasteiger charge is -2.19. The van der Waals surface area contributed by atoms with E-state index in [4.69, 9.17) is 4.74 Å². The number of carbonyl (C=O) groups excluding carboxylic acids is 4. The van der Waals surface area contributed by atoms with Gasteiger partial charge in [0, 0.05) is 23.5 Å². The molecular formula is C22H23N3O5. The van der Waals surface area contributed by atoms with Gasteiger partial charge in [0.15, 0.2) is 0 Å². The summed E-state index contributed by atoms with van der Waals surface area (Å²) in [5, 5.41) is 3.58. The number of para-hydroxylation sites is 1. The zero-order chi connectivity index (χ0) is 21.3. The van der Waals surface area contributed by atoms with E-state index in [9.17, 15) is 19.2 Å². The molecule has 30 heavy (non-hydrogen) atoms. The van der Waals surface area contributed by atoms with E-state index in [1.165, 1.54) is 7.11 Å². The first kappa shape index (κ1) is 19.9. The maximum absolute atomic E-state index is 12.6. The number of amides is 3. The number of imide groups is 1. The van der Waals surface area contributed by atoms with Crippen LogP contribution in [-0.2, 0) is 30.3 Å². The van der Waals surface area contributed by atoms with Gasteiger partial charge in [-0.1, -0.05) is 30.4 Å². The molecule has 3 atom stereocenters. The number of hydrogen-bond acceptors (Lipinski definition) is 5. The Labute approximate surface area is 173 Å². The van der Waals surface area contributed by atoms with Crippen LogP contribution in [-0.4, -0.2) is 53.3 Å². The van der Waals surface area contributed by atoms with E-state index in [2.05, 4.69) is 10.3 Å². The van der Waals surface area contributed by atoms with Crippen LogP contribution in [0.25, 0.3) is 10.9 Å². The predicted octanol–water partition coefficient (Wildman–Crippen LogP) is 1.32. The van der Waals surface area contributed by atoms with Crippen molar-refractivity contribution < 1.29 is 23.9 Å². The number of H-pyrrole nitrogens is 1. The molecule has 3 amide bonds. The van der Waals surface area contributed by atoms with Crippen LogP contribution in [0.4, 0.5) is 0 Å². The molecule has 0 saturated carbocycles. The van der Waals surface area contributed by atoms with E-state index < -0.39 is 36.3 Å². The average molecular weight is 409 g/mol. The number of benzene rings is 1. The monoisotopic (exact) mass is 409 g/mol. The Morgan fingerprint density at radius 2 is 1.83 bits per heavy atom. The van der Waals surface area contributed by atoms with Gasteiger partial charge < -0.3 is 15.0 Å². The minimum atomic E-state index is -0.932. The van der Waals surface area contributed by atoms with E-state index in [-0.39, 0.29) is 18.2 Å². The lowest BCUT2D eigenvalue weighted by molar-refractivity contribution is -0.146. The number of ether oxygens (including phenoxy) is 1. The highest BCUT2D eigenvalue weighted by Gasteiger charge is 2.47. The summed E-state index contributed by atoms with van der Waals surface area (Å²) < 4.78 is 4.84. The van der Waals surface area contributed by atoms with Crippen LogP contribution in [0.1, 0.15) is 18.4 Å². The fraction of sp³-hybridized carbons (Fsp3) is 0.364. The Hall–Kier alpha value is -3.42. The third kappa shape index (κ3) is 3.60. The van der Waals surface area contributed by atoms with E-state index in [1.54, 1.807) is 6.20 Å². The molecule has 156 valence electrons. The number of rotatable bonds is 6. The summed E-state index contributed by atoms with van der Waals surface area (Å²) >= 11 is 0. The lowest BCUT2D eigenvalue weighted by Crippen LogP contribution is -2.48. The summed E-state index contributed by atoms with van der Waals surface area (Å²) in [7, 11) is 1.25. The van der Waals surface area contributed by atoms with Gasteiger partial charge in [0.25, 0.3) is 0 Å². The molecule has 2 aromatic rings. The van der Waals surface area contributed by atoms with Crippen molar-refractivity contribution in [3.05, 3.63) is 48.2 Å². The van der Waals surface area contributed by atoms with E-state index in [1.807, 2.05) is 36.4 Å². The van der Waals surface area contributed by atoms with Crippen molar-refractivity contribution in [1.29, 1.82) is 0 Å². The number of aromatic nitrogens is 1. The molecule has 3 unspecified atom stereocenters. The van der Waals surface area contributed by atoms with Gasteiger partial charge >= 0.3 is 5.97 Å². The molecule has 2 heterocycles. The summed E-state index contributed by atoms with van der Waals surface area (Å²) in [5.74, 6) is -2.59. The number of nitrogens with zero attached hydrogens (tertiary/aromatic N) is 1. The SMILES string of the molecule is COC(=O)C(Cc1c[nH]c2ccccc12)NC(=O)CN1C(=O)C2CC=CCC2C1=O. The Morgan fingerprint density at radius 1 is 1.17 bits per heavy atom. The molecule has 1 fully saturated rings. The van der Waals surface area contributed by atoms with Gasteiger partial charge in [-0.2, -0.15) is 0 Å². The number of hydrogen-bond donors (Lipinski definition) is 2. The molecule has 4 rings (SSSR count). The third-order valence-electron chi connectivity index (χ3n) is 5.82. The smallest absolute Gasteiger partial charge is 0.328 e. The van der Waals surface area contributed by atoms with Crippen molar-refractivity contribution in [2.45, 2.75) is 25.3 Å². The van der Waals surface area contributed by atoms with Crippen LogP contribution in [0, 0.1) is 11.8 Å². The molecule has 0 bridgehead atoms. The summed E-state index contributed by atoms with van der Waals surface area (Å²) in [4.78, 5) is 54.2. The predicted molar refractivity (Wildman–Crippen MR) is 108 cm³/mol. The number of fused-ring (bicyclic) bond motifs is 2. The van der Waals surface area contributed by atoms with Gasteiger partial charge in [-0.25, -0.2) is 4.79 Å². The molecule has 8 nitrogen and oxygen atoms in total. The largest absolute Gasteiger partial charge is 0.467 e. The molecule has 1 aliphatic carbocycles. The maximum atomic E-state index is 12.6. The number of allylic oxidation sites excluding steroid dienone is 2. The quantitative estimate of drug-likeness (QED) is 0.425. The van der Waals surface area contributed by atoms with Crippen molar-refractivity contribution in [3.8, 4) is 0 Å². The highest BCUT2D eigenvalue weighted by atomic mass is 16.5. The van der Waals surface area contributed by atoms with Crippen LogP contribution >= 0.6 is 0 Å². The minimum absolute atomic E-state index is 0.222. The fourth-order valence-electron chi connectivity index (χ4n) is 4.26. The molecule has 1 aliphatic heterocycles. The average Bonchev–Trinajstić information content (AvgIpc) is 3.27. The second-order valence-corrected chi connectivity index (χ2v) is 7.63. The molecule has 1 aromatic heterocycles. The van der Waals surface area contributed by atoms with Crippen molar-refractivity contribution in [2.24, 2.45) is 11.8 Å². The van der Waals surface area contributed by atoms with Crippen molar-refractivity contribution in [1.82, 2.24) is 15.2 Å². The minimum Gasteiger partial charge on any atom is -0.467 e.